The molecule has 4 nitrogen and oxygen atoms in total. The first-order chi connectivity index (χ1) is 9.78. The summed E-state index contributed by atoms with van der Waals surface area (Å²) < 4.78 is 0. The van der Waals surface area contributed by atoms with Crippen LogP contribution in [0.15, 0.2) is 0 Å². The standard InChI is InChI=1S/C17H33N3O.2ClH/c1-12-7-13(2)10-20(9-12)17(3,4)11-19-16(21)14-5-6-15(18)8-14;;/h12-15H,5-11,18H2,1-4H3,(H,19,21);2*1H. The van der Waals surface area contributed by atoms with Crippen LogP contribution in [0.3, 0.4) is 0 Å². The first-order valence-electron chi connectivity index (χ1n) is 8.56. The molecule has 0 bridgehead atoms. The normalized spacial score (nSPS) is 31.9. The Morgan fingerprint density at radius 3 is 2.17 bits per heavy atom. The van der Waals surface area contributed by atoms with Gasteiger partial charge in [0.1, 0.15) is 0 Å². The van der Waals surface area contributed by atoms with Gasteiger partial charge in [-0.3, -0.25) is 9.69 Å². The van der Waals surface area contributed by atoms with E-state index in [1.165, 1.54) is 6.42 Å². The number of hydrogen-bond donors (Lipinski definition) is 2. The quantitative estimate of drug-likeness (QED) is 0.802. The zero-order valence-corrected chi connectivity index (χ0v) is 16.6. The summed E-state index contributed by atoms with van der Waals surface area (Å²) in [6.07, 6.45) is 4.11. The molecule has 2 aliphatic rings. The van der Waals surface area contributed by atoms with Gasteiger partial charge in [-0.1, -0.05) is 13.8 Å². The molecule has 1 aliphatic carbocycles. The second-order valence-electron chi connectivity index (χ2n) is 8.15. The monoisotopic (exact) mass is 367 g/mol. The summed E-state index contributed by atoms with van der Waals surface area (Å²) in [7, 11) is 0. The van der Waals surface area contributed by atoms with Gasteiger partial charge in [-0.25, -0.2) is 0 Å². The zero-order valence-electron chi connectivity index (χ0n) is 15.0. The number of hydrogen-bond acceptors (Lipinski definition) is 3. The molecule has 4 atom stereocenters. The molecule has 23 heavy (non-hydrogen) atoms. The highest BCUT2D eigenvalue weighted by Crippen LogP contribution is 2.28. The lowest BCUT2D eigenvalue weighted by atomic mass is 9.88. The maximum Gasteiger partial charge on any atom is 0.223 e. The van der Waals surface area contributed by atoms with E-state index in [9.17, 15) is 4.79 Å². The van der Waals surface area contributed by atoms with Gasteiger partial charge in [0.15, 0.2) is 0 Å². The van der Waals surface area contributed by atoms with E-state index < -0.39 is 0 Å². The van der Waals surface area contributed by atoms with Crippen LogP contribution in [0.1, 0.15) is 53.4 Å². The zero-order chi connectivity index (χ0) is 15.6. The molecule has 0 aromatic carbocycles. The van der Waals surface area contributed by atoms with Crippen LogP contribution in [-0.4, -0.2) is 42.0 Å². The van der Waals surface area contributed by atoms with Gasteiger partial charge in [-0.2, -0.15) is 0 Å². The highest BCUT2D eigenvalue weighted by molar-refractivity contribution is 5.85. The van der Waals surface area contributed by atoms with Crippen LogP contribution in [0.5, 0.6) is 0 Å². The minimum Gasteiger partial charge on any atom is -0.354 e. The van der Waals surface area contributed by atoms with E-state index in [0.717, 1.165) is 50.7 Å². The van der Waals surface area contributed by atoms with Gasteiger partial charge in [-0.05, 0) is 51.4 Å². The number of halogens is 2. The number of amides is 1. The van der Waals surface area contributed by atoms with E-state index >= 15 is 0 Å². The average Bonchev–Trinajstić information content (AvgIpc) is 2.82. The molecule has 0 aromatic rings. The van der Waals surface area contributed by atoms with Crippen molar-refractivity contribution in [2.75, 3.05) is 19.6 Å². The third kappa shape index (κ3) is 6.41. The predicted molar refractivity (Wildman–Crippen MR) is 101 cm³/mol. The maximum absolute atomic E-state index is 12.3. The van der Waals surface area contributed by atoms with E-state index in [2.05, 4.69) is 37.9 Å². The first kappa shape index (κ1) is 23.0. The Labute approximate surface area is 154 Å². The number of rotatable bonds is 4. The van der Waals surface area contributed by atoms with Gasteiger partial charge in [0, 0.05) is 37.1 Å². The van der Waals surface area contributed by atoms with E-state index in [1.54, 1.807) is 0 Å². The third-order valence-corrected chi connectivity index (χ3v) is 5.26. The fourth-order valence-electron chi connectivity index (χ4n) is 3.97. The van der Waals surface area contributed by atoms with Crippen LogP contribution in [-0.2, 0) is 4.79 Å². The Hall–Kier alpha value is -0.0300. The minimum atomic E-state index is 0. The molecule has 0 spiro atoms. The molecule has 1 aliphatic heterocycles. The number of carbonyl (C=O) groups is 1. The van der Waals surface area contributed by atoms with Gasteiger partial charge in [0.05, 0.1) is 0 Å². The third-order valence-electron chi connectivity index (χ3n) is 5.26. The summed E-state index contributed by atoms with van der Waals surface area (Å²) in [5.74, 6) is 1.83. The van der Waals surface area contributed by atoms with Gasteiger partial charge in [0.2, 0.25) is 5.91 Å². The molecule has 4 unspecified atom stereocenters. The van der Waals surface area contributed by atoms with Crippen LogP contribution >= 0.6 is 24.8 Å². The van der Waals surface area contributed by atoms with Crippen LogP contribution in [0.25, 0.3) is 0 Å². The van der Waals surface area contributed by atoms with E-state index in [1.807, 2.05) is 0 Å². The van der Waals surface area contributed by atoms with Crippen molar-refractivity contribution in [3.05, 3.63) is 0 Å². The Balaban J connectivity index is 0.00000242. The highest BCUT2D eigenvalue weighted by atomic mass is 35.5. The molecule has 138 valence electrons. The number of piperidine rings is 1. The predicted octanol–water partition coefficient (Wildman–Crippen LogP) is 2.83. The molecule has 1 heterocycles. The molecule has 2 rings (SSSR count). The fraction of sp³-hybridized carbons (Fsp3) is 0.941. The van der Waals surface area contributed by atoms with Crippen LogP contribution < -0.4 is 11.1 Å². The second kappa shape index (κ2) is 9.45. The summed E-state index contributed by atoms with van der Waals surface area (Å²) in [5, 5.41) is 3.18. The van der Waals surface area contributed by atoms with Crippen molar-refractivity contribution in [1.29, 1.82) is 0 Å². The largest absolute Gasteiger partial charge is 0.354 e. The second-order valence-corrected chi connectivity index (χ2v) is 8.15. The summed E-state index contributed by atoms with van der Waals surface area (Å²) in [6.45, 7) is 12.2. The number of likely N-dealkylation sites (tertiary alicyclic amines) is 1. The summed E-state index contributed by atoms with van der Waals surface area (Å²) in [5.41, 5.74) is 5.93. The Morgan fingerprint density at radius 2 is 1.70 bits per heavy atom. The van der Waals surface area contributed by atoms with Gasteiger partial charge in [-0.15, -0.1) is 24.8 Å². The van der Waals surface area contributed by atoms with Crippen LogP contribution in [0, 0.1) is 17.8 Å². The number of carbonyl (C=O) groups excluding carboxylic acids is 1. The van der Waals surface area contributed by atoms with E-state index in [-0.39, 0.29) is 48.2 Å². The highest BCUT2D eigenvalue weighted by Gasteiger charge is 2.34. The van der Waals surface area contributed by atoms with Crippen molar-refractivity contribution in [2.24, 2.45) is 23.5 Å². The number of nitrogens with zero attached hydrogens (tertiary/aromatic N) is 1. The Bertz CT molecular complexity index is 369. The number of nitrogens with one attached hydrogen (secondary N) is 1. The molecule has 1 saturated carbocycles. The minimum absolute atomic E-state index is 0. The van der Waals surface area contributed by atoms with Gasteiger partial charge < -0.3 is 11.1 Å². The maximum atomic E-state index is 12.3. The number of nitrogens with two attached hydrogens (primary N) is 1. The fourth-order valence-corrected chi connectivity index (χ4v) is 3.97. The first-order valence-corrected chi connectivity index (χ1v) is 8.56. The SMILES string of the molecule is CC1CC(C)CN(C(C)(C)CNC(=O)C2CCC(N)C2)C1.Cl.Cl. The summed E-state index contributed by atoms with van der Waals surface area (Å²) in [4.78, 5) is 14.8. The molecule has 2 fully saturated rings. The van der Waals surface area contributed by atoms with E-state index in [0.29, 0.717) is 0 Å². The molecule has 1 saturated heterocycles. The Kier molecular flexibility index (Phi) is 9.44. The lowest BCUT2D eigenvalue weighted by Gasteiger charge is -2.45. The van der Waals surface area contributed by atoms with Crippen LogP contribution in [0.2, 0.25) is 0 Å². The molecule has 1 amide bonds. The topological polar surface area (TPSA) is 58.4 Å². The van der Waals surface area contributed by atoms with Crippen molar-refractivity contribution in [1.82, 2.24) is 10.2 Å². The van der Waals surface area contributed by atoms with Crippen molar-refractivity contribution >= 4 is 30.7 Å². The van der Waals surface area contributed by atoms with Crippen molar-refractivity contribution in [2.45, 2.75) is 65.0 Å². The van der Waals surface area contributed by atoms with Crippen molar-refractivity contribution < 1.29 is 4.79 Å². The molecule has 3 N–H and O–H groups in total. The molecule has 6 heteroatoms. The average molecular weight is 368 g/mol. The van der Waals surface area contributed by atoms with E-state index in [4.69, 9.17) is 5.73 Å². The van der Waals surface area contributed by atoms with Crippen LogP contribution in [0.4, 0.5) is 0 Å². The van der Waals surface area contributed by atoms with Gasteiger partial charge in [0.25, 0.3) is 0 Å². The van der Waals surface area contributed by atoms with Crippen molar-refractivity contribution in [3.63, 3.8) is 0 Å². The lowest BCUT2D eigenvalue weighted by molar-refractivity contribution is -0.125. The lowest BCUT2D eigenvalue weighted by Crippen LogP contribution is -2.56. The van der Waals surface area contributed by atoms with Crippen molar-refractivity contribution in [3.8, 4) is 0 Å². The smallest absolute Gasteiger partial charge is 0.223 e. The molecular weight excluding hydrogens is 333 g/mol. The summed E-state index contributed by atoms with van der Waals surface area (Å²) in [6, 6.07) is 0.220. The molecular formula is C17H35Cl2N3O. The Morgan fingerprint density at radius 1 is 1.13 bits per heavy atom. The summed E-state index contributed by atoms with van der Waals surface area (Å²) >= 11 is 0. The molecule has 0 radical (unpaired) electrons. The molecule has 0 aromatic heterocycles. The van der Waals surface area contributed by atoms with Gasteiger partial charge >= 0.3 is 0 Å².